The van der Waals surface area contributed by atoms with Crippen LogP contribution in [0.5, 0.6) is 11.5 Å². The predicted octanol–water partition coefficient (Wildman–Crippen LogP) is 0.956. The third-order valence-electron chi connectivity index (χ3n) is 4.97. The highest BCUT2D eigenvalue weighted by atomic mass is 35.5. The number of fused-ring (bicyclic) bond motifs is 1. The Hall–Kier alpha value is -4.32. The van der Waals surface area contributed by atoms with E-state index in [0.29, 0.717) is 16.8 Å². The highest BCUT2D eigenvalue weighted by molar-refractivity contribution is 6.04. The number of carbonyl (C=O) groups is 4. The van der Waals surface area contributed by atoms with E-state index in [-0.39, 0.29) is 60.2 Å². The summed E-state index contributed by atoms with van der Waals surface area (Å²) in [5, 5.41) is 0. The lowest BCUT2D eigenvalue weighted by Crippen LogP contribution is -2.30. The number of carbonyl (C=O) groups excluding carboxylic acids is 4. The summed E-state index contributed by atoms with van der Waals surface area (Å²) in [4.78, 5) is 54.0. The van der Waals surface area contributed by atoms with Crippen LogP contribution in [0.4, 0.5) is 5.69 Å². The van der Waals surface area contributed by atoms with E-state index < -0.39 is 25.2 Å². The molecule has 0 aliphatic carbocycles. The molecule has 0 atom stereocenters. The molecule has 0 saturated carbocycles. The lowest BCUT2D eigenvalue weighted by Gasteiger charge is -2.16. The number of guanidine groups is 1. The van der Waals surface area contributed by atoms with Gasteiger partial charge >= 0.3 is 11.9 Å². The SMILES string of the molecule is COC(=O)COc1ccc(C(=O)CN2Cc3cc(N=C(N)N)ccc3C2=O)cc1OCC(=O)OC.Cl. The van der Waals surface area contributed by atoms with Crippen LogP contribution < -0.4 is 20.9 Å². The number of ketones is 1. The minimum atomic E-state index is -0.652. The molecule has 0 fully saturated rings. The monoisotopic (exact) mass is 520 g/mol. The minimum Gasteiger partial charge on any atom is -0.478 e. The molecule has 1 amide bonds. The summed E-state index contributed by atoms with van der Waals surface area (Å²) in [5.74, 6) is -1.90. The number of ether oxygens (including phenoxy) is 4. The van der Waals surface area contributed by atoms with Crippen molar-refractivity contribution in [3.05, 3.63) is 53.1 Å². The maximum atomic E-state index is 13.0. The van der Waals surface area contributed by atoms with E-state index >= 15 is 0 Å². The third kappa shape index (κ3) is 6.85. The fourth-order valence-electron chi connectivity index (χ4n) is 3.28. The van der Waals surface area contributed by atoms with Crippen LogP contribution in [0.1, 0.15) is 26.3 Å². The lowest BCUT2D eigenvalue weighted by molar-refractivity contribution is -0.144. The highest BCUT2D eigenvalue weighted by Crippen LogP contribution is 2.30. The largest absolute Gasteiger partial charge is 0.478 e. The first-order valence-electron chi connectivity index (χ1n) is 10.3. The number of amides is 1. The second-order valence-electron chi connectivity index (χ2n) is 7.35. The van der Waals surface area contributed by atoms with E-state index in [2.05, 4.69) is 14.5 Å². The number of nitrogens with zero attached hydrogens (tertiary/aromatic N) is 2. The van der Waals surface area contributed by atoms with Crippen molar-refractivity contribution in [1.29, 1.82) is 0 Å². The molecule has 36 heavy (non-hydrogen) atoms. The van der Waals surface area contributed by atoms with Gasteiger partial charge in [0.2, 0.25) is 0 Å². The molecule has 0 bridgehead atoms. The molecule has 3 rings (SSSR count). The molecule has 12 nitrogen and oxygen atoms in total. The number of hydrogen-bond donors (Lipinski definition) is 2. The highest BCUT2D eigenvalue weighted by Gasteiger charge is 2.29. The molecule has 1 heterocycles. The first-order valence-corrected chi connectivity index (χ1v) is 10.3. The number of rotatable bonds is 10. The van der Waals surface area contributed by atoms with E-state index in [1.54, 1.807) is 18.2 Å². The maximum Gasteiger partial charge on any atom is 0.343 e. The zero-order chi connectivity index (χ0) is 25.5. The van der Waals surface area contributed by atoms with Crippen LogP contribution >= 0.6 is 12.4 Å². The summed E-state index contributed by atoms with van der Waals surface area (Å²) in [6, 6.07) is 9.15. The van der Waals surface area contributed by atoms with Crippen molar-refractivity contribution in [3.63, 3.8) is 0 Å². The Morgan fingerprint density at radius 1 is 0.944 bits per heavy atom. The summed E-state index contributed by atoms with van der Waals surface area (Å²) in [6.07, 6.45) is 0. The van der Waals surface area contributed by atoms with E-state index in [0.717, 1.165) is 0 Å². The van der Waals surface area contributed by atoms with Crippen molar-refractivity contribution < 1.29 is 38.1 Å². The van der Waals surface area contributed by atoms with Crippen molar-refractivity contribution in [3.8, 4) is 11.5 Å². The van der Waals surface area contributed by atoms with Gasteiger partial charge in [-0.2, -0.15) is 0 Å². The van der Waals surface area contributed by atoms with Gasteiger partial charge in [-0.25, -0.2) is 14.6 Å². The standard InChI is InChI=1S/C23H24N4O8.ClH/c1-32-20(29)11-34-18-6-3-13(8-19(18)35-12-21(30)33-2)17(28)10-27-9-14-7-15(26-23(24)25)4-5-16(14)22(27)31;/h3-8H,9-12H2,1-2H3,(H4,24,25,26);1H. The molecule has 0 radical (unpaired) electrons. The maximum absolute atomic E-state index is 13.0. The van der Waals surface area contributed by atoms with Crippen molar-refractivity contribution in [1.82, 2.24) is 4.90 Å². The lowest BCUT2D eigenvalue weighted by atomic mass is 10.1. The quantitative estimate of drug-likeness (QED) is 0.199. The van der Waals surface area contributed by atoms with E-state index in [4.69, 9.17) is 20.9 Å². The van der Waals surface area contributed by atoms with Gasteiger partial charge in [0.1, 0.15) is 0 Å². The van der Waals surface area contributed by atoms with Gasteiger partial charge in [-0.3, -0.25) is 9.59 Å². The first-order chi connectivity index (χ1) is 16.7. The van der Waals surface area contributed by atoms with E-state index in [9.17, 15) is 19.2 Å². The van der Waals surface area contributed by atoms with Gasteiger partial charge < -0.3 is 35.3 Å². The Labute approximate surface area is 212 Å². The van der Waals surface area contributed by atoms with Crippen molar-refractivity contribution in [2.24, 2.45) is 16.5 Å². The summed E-state index contributed by atoms with van der Waals surface area (Å²) >= 11 is 0. The fourth-order valence-corrected chi connectivity index (χ4v) is 3.28. The van der Waals surface area contributed by atoms with Gasteiger partial charge in [0.15, 0.2) is 36.5 Å². The predicted molar refractivity (Wildman–Crippen MR) is 130 cm³/mol. The Morgan fingerprint density at radius 2 is 1.58 bits per heavy atom. The van der Waals surface area contributed by atoms with Crippen LogP contribution in [-0.2, 0) is 25.6 Å². The molecule has 2 aromatic rings. The molecule has 0 spiro atoms. The van der Waals surface area contributed by atoms with Gasteiger partial charge in [-0.05, 0) is 42.0 Å². The summed E-state index contributed by atoms with van der Waals surface area (Å²) in [7, 11) is 2.41. The Bertz CT molecular complexity index is 1200. The molecule has 13 heteroatoms. The van der Waals surface area contributed by atoms with Crippen LogP contribution in [0, 0.1) is 0 Å². The van der Waals surface area contributed by atoms with Crippen molar-refractivity contribution in [2.45, 2.75) is 6.54 Å². The zero-order valence-corrected chi connectivity index (χ0v) is 20.3. The Morgan fingerprint density at radius 3 is 2.19 bits per heavy atom. The third-order valence-corrected chi connectivity index (χ3v) is 4.97. The Balaban J connectivity index is 0.00000456. The molecule has 0 saturated heterocycles. The molecule has 2 aromatic carbocycles. The van der Waals surface area contributed by atoms with Crippen molar-refractivity contribution >= 4 is 47.7 Å². The van der Waals surface area contributed by atoms with E-state index in [1.165, 1.54) is 37.3 Å². The number of benzene rings is 2. The van der Waals surface area contributed by atoms with E-state index in [1.807, 2.05) is 0 Å². The molecule has 1 aliphatic heterocycles. The fraction of sp³-hybridized carbons (Fsp3) is 0.261. The number of nitrogens with two attached hydrogens (primary N) is 2. The molecule has 4 N–H and O–H groups in total. The average molecular weight is 521 g/mol. The molecule has 0 unspecified atom stereocenters. The number of Topliss-reactive ketones (excluding diaryl/α,β-unsaturated/α-hetero) is 1. The van der Waals surface area contributed by atoms with Crippen LogP contribution in [0.25, 0.3) is 0 Å². The zero-order valence-electron chi connectivity index (χ0n) is 19.5. The van der Waals surface area contributed by atoms with Crippen LogP contribution in [0.15, 0.2) is 41.4 Å². The summed E-state index contributed by atoms with van der Waals surface area (Å²) in [5.41, 5.74) is 12.7. The molecular weight excluding hydrogens is 496 g/mol. The van der Waals surface area contributed by atoms with Gasteiger partial charge in [0.25, 0.3) is 5.91 Å². The minimum absolute atomic E-state index is 0. The molecule has 192 valence electrons. The second-order valence-corrected chi connectivity index (χ2v) is 7.35. The first kappa shape index (κ1) is 27.9. The second kappa shape index (κ2) is 12.4. The molecule has 0 aromatic heterocycles. The number of esters is 2. The summed E-state index contributed by atoms with van der Waals surface area (Å²) in [6.45, 7) is -0.842. The van der Waals surface area contributed by atoms with Crippen LogP contribution in [0.2, 0.25) is 0 Å². The molecular formula is C23H25ClN4O8. The van der Waals surface area contributed by atoms with Gasteiger partial charge in [0.05, 0.1) is 26.5 Å². The average Bonchev–Trinajstić information content (AvgIpc) is 3.14. The number of hydrogen-bond acceptors (Lipinski definition) is 9. The van der Waals surface area contributed by atoms with Gasteiger partial charge in [-0.15, -0.1) is 12.4 Å². The van der Waals surface area contributed by atoms with Crippen LogP contribution in [-0.4, -0.2) is 68.5 Å². The summed E-state index contributed by atoms with van der Waals surface area (Å²) < 4.78 is 19.9. The van der Waals surface area contributed by atoms with Gasteiger partial charge in [-0.1, -0.05) is 0 Å². The van der Waals surface area contributed by atoms with Gasteiger partial charge in [0, 0.05) is 17.7 Å². The molecule has 1 aliphatic rings. The number of aliphatic imine (C=N–C) groups is 1. The topological polar surface area (TPSA) is 173 Å². The van der Waals surface area contributed by atoms with Crippen molar-refractivity contribution in [2.75, 3.05) is 34.0 Å². The smallest absolute Gasteiger partial charge is 0.343 e. The van der Waals surface area contributed by atoms with Crippen LogP contribution in [0.3, 0.4) is 0 Å². The Kier molecular flexibility index (Phi) is 9.62. The number of halogens is 1. The number of methoxy groups -OCH3 is 2. The normalized spacial score (nSPS) is 11.6.